The van der Waals surface area contributed by atoms with Crippen molar-refractivity contribution in [3.63, 3.8) is 0 Å². The third kappa shape index (κ3) is 1.51. The van der Waals surface area contributed by atoms with Gasteiger partial charge in [-0.2, -0.15) is 0 Å². The fourth-order valence-electron chi connectivity index (χ4n) is 1.35. The molecule has 0 radical (unpaired) electrons. The van der Waals surface area contributed by atoms with Crippen LogP contribution in [0.5, 0.6) is 5.75 Å². The summed E-state index contributed by atoms with van der Waals surface area (Å²) < 4.78 is 12.7. The van der Waals surface area contributed by atoms with Crippen molar-refractivity contribution in [2.75, 3.05) is 0 Å². The summed E-state index contributed by atoms with van der Waals surface area (Å²) >= 11 is 1.54. The van der Waals surface area contributed by atoms with Gasteiger partial charge in [0.1, 0.15) is 11.6 Å². The smallest absolute Gasteiger partial charge is 0.127 e. The second-order valence-electron chi connectivity index (χ2n) is 3.09. The molecule has 0 unspecified atom stereocenters. The summed E-state index contributed by atoms with van der Waals surface area (Å²) in [5.41, 5.74) is 1.79. The van der Waals surface area contributed by atoms with Crippen LogP contribution in [0.15, 0.2) is 29.6 Å². The quantitative estimate of drug-likeness (QED) is 0.759. The number of benzene rings is 1. The van der Waals surface area contributed by atoms with Gasteiger partial charge < -0.3 is 5.11 Å². The van der Waals surface area contributed by atoms with Gasteiger partial charge in [0.05, 0.1) is 0 Å². The van der Waals surface area contributed by atoms with E-state index in [9.17, 15) is 9.50 Å². The second-order valence-corrected chi connectivity index (χ2v) is 4.01. The van der Waals surface area contributed by atoms with Crippen LogP contribution in [0.3, 0.4) is 0 Å². The van der Waals surface area contributed by atoms with Gasteiger partial charge in [-0.15, -0.1) is 11.3 Å². The number of halogens is 1. The summed E-state index contributed by atoms with van der Waals surface area (Å²) in [5, 5.41) is 11.5. The van der Waals surface area contributed by atoms with Gasteiger partial charge in [0.2, 0.25) is 0 Å². The lowest BCUT2D eigenvalue weighted by Crippen LogP contribution is -1.79. The van der Waals surface area contributed by atoms with Crippen molar-refractivity contribution in [3.05, 3.63) is 41.0 Å². The van der Waals surface area contributed by atoms with E-state index < -0.39 is 5.82 Å². The highest BCUT2D eigenvalue weighted by atomic mass is 32.1. The van der Waals surface area contributed by atoms with Crippen LogP contribution in [0.2, 0.25) is 0 Å². The predicted octanol–water partition coefficient (Wildman–Crippen LogP) is 3.57. The van der Waals surface area contributed by atoms with Gasteiger partial charge in [-0.1, -0.05) is 0 Å². The number of aromatic hydroxyl groups is 1. The Labute approximate surface area is 85.5 Å². The molecule has 0 amide bonds. The zero-order valence-corrected chi connectivity index (χ0v) is 8.44. The molecular weight excluding hydrogens is 199 g/mol. The largest absolute Gasteiger partial charge is 0.507 e. The summed E-state index contributed by atoms with van der Waals surface area (Å²) in [4.78, 5) is 0.988. The van der Waals surface area contributed by atoms with Crippen LogP contribution in [0, 0.1) is 12.7 Å². The fourth-order valence-corrected chi connectivity index (χ4v) is 2.31. The lowest BCUT2D eigenvalue weighted by molar-refractivity contribution is 0.471. The van der Waals surface area contributed by atoms with Crippen LogP contribution in [-0.4, -0.2) is 5.11 Å². The van der Waals surface area contributed by atoms with E-state index in [4.69, 9.17) is 0 Å². The first-order valence-electron chi connectivity index (χ1n) is 4.21. The van der Waals surface area contributed by atoms with E-state index in [2.05, 4.69) is 0 Å². The van der Waals surface area contributed by atoms with Crippen molar-refractivity contribution in [3.8, 4) is 16.2 Å². The Morgan fingerprint density at radius 1 is 1.29 bits per heavy atom. The van der Waals surface area contributed by atoms with Gasteiger partial charge in [0.25, 0.3) is 0 Å². The van der Waals surface area contributed by atoms with Gasteiger partial charge in [0.15, 0.2) is 0 Å². The molecule has 1 nitrogen and oxygen atoms in total. The predicted molar refractivity (Wildman–Crippen MR) is 56.1 cm³/mol. The standard InChI is InChI=1S/C11H9FOS/c1-7-4-5-14-11(7)9-3-2-8(12)6-10(9)13/h2-6,13H,1H3. The number of rotatable bonds is 1. The van der Waals surface area contributed by atoms with Gasteiger partial charge >= 0.3 is 0 Å². The SMILES string of the molecule is Cc1ccsc1-c1ccc(F)cc1O. The van der Waals surface area contributed by atoms with Crippen LogP contribution in [0.1, 0.15) is 5.56 Å². The molecule has 0 bridgehead atoms. The third-order valence-electron chi connectivity index (χ3n) is 2.07. The van der Waals surface area contributed by atoms with E-state index in [-0.39, 0.29) is 5.75 Å². The Kier molecular flexibility index (Phi) is 2.25. The molecule has 1 N–H and O–H groups in total. The first-order valence-corrected chi connectivity index (χ1v) is 5.09. The number of phenols is 1. The van der Waals surface area contributed by atoms with Crippen LogP contribution in [-0.2, 0) is 0 Å². The monoisotopic (exact) mass is 208 g/mol. The molecule has 0 atom stereocenters. The molecule has 0 spiro atoms. The van der Waals surface area contributed by atoms with Crippen molar-refractivity contribution in [2.24, 2.45) is 0 Å². The lowest BCUT2D eigenvalue weighted by Gasteiger charge is -2.03. The highest BCUT2D eigenvalue weighted by Gasteiger charge is 2.08. The Balaban J connectivity index is 2.58. The van der Waals surface area contributed by atoms with Gasteiger partial charge in [-0.25, -0.2) is 4.39 Å². The first-order chi connectivity index (χ1) is 6.68. The van der Waals surface area contributed by atoms with Gasteiger partial charge in [0, 0.05) is 16.5 Å². The van der Waals surface area contributed by atoms with Gasteiger partial charge in [-0.3, -0.25) is 0 Å². The molecule has 1 heterocycles. The topological polar surface area (TPSA) is 20.2 Å². The molecule has 3 heteroatoms. The molecule has 0 aliphatic rings. The van der Waals surface area contributed by atoms with Gasteiger partial charge in [-0.05, 0) is 36.1 Å². The minimum atomic E-state index is -0.416. The van der Waals surface area contributed by atoms with Crippen LogP contribution in [0.25, 0.3) is 10.4 Å². The van der Waals surface area contributed by atoms with Crippen LogP contribution >= 0.6 is 11.3 Å². The number of phenolic OH excluding ortho intramolecular Hbond substituents is 1. The lowest BCUT2D eigenvalue weighted by atomic mass is 10.1. The van der Waals surface area contributed by atoms with Crippen LogP contribution in [0.4, 0.5) is 4.39 Å². The number of aryl methyl sites for hydroxylation is 1. The van der Waals surface area contributed by atoms with Crippen molar-refractivity contribution in [1.82, 2.24) is 0 Å². The molecular formula is C11H9FOS. The molecule has 72 valence electrons. The summed E-state index contributed by atoms with van der Waals surface area (Å²) in [5.74, 6) is -0.420. The Morgan fingerprint density at radius 2 is 2.07 bits per heavy atom. The van der Waals surface area contributed by atoms with E-state index in [1.807, 2.05) is 18.4 Å². The van der Waals surface area contributed by atoms with E-state index in [0.717, 1.165) is 16.5 Å². The Hall–Kier alpha value is -1.35. The summed E-state index contributed by atoms with van der Waals surface area (Å²) in [6.45, 7) is 1.97. The molecule has 0 saturated carbocycles. The average Bonchev–Trinajstić information content (AvgIpc) is 2.52. The first kappa shape index (κ1) is 9.21. The maximum atomic E-state index is 12.7. The van der Waals surface area contributed by atoms with E-state index >= 15 is 0 Å². The summed E-state index contributed by atoms with van der Waals surface area (Å²) in [6.07, 6.45) is 0. The summed E-state index contributed by atoms with van der Waals surface area (Å²) in [6, 6.07) is 6.06. The van der Waals surface area contributed by atoms with Crippen molar-refractivity contribution < 1.29 is 9.50 Å². The molecule has 0 aliphatic heterocycles. The minimum absolute atomic E-state index is 0.00412. The molecule has 2 rings (SSSR count). The molecule has 2 aromatic rings. The second kappa shape index (κ2) is 3.42. The number of hydrogen-bond acceptors (Lipinski definition) is 2. The van der Waals surface area contributed by atoms with Crippen molar-refractivity contribution in [2.45, 2.75) is 6.92 Å². The zero-order chi connectivity index (χ0) is 10.1. The summed E-state index contributed by atoms with van der Waals surface area (Å²) in [7, 11) is 0. The average molecular weight is 208 g/mol. The van der Waals surface area contributed by atoms with E-state index in [1.54, 1.807) is 17.4 Å². The van der Waals surface area contributed by atoms with E-state index in [0.29, 0.717) is 5.56 Å². The molecule has 0 aliphatic carbocycles. The molecule has 1 aromatic heterocycles. The van der Waals surface area contributed by atoms with Crippen molar-refractivity contribution in [1.29, 1.82) is 0 Å². The van der Waals surface area contributed by atoms with Crippen LogP contribution < -0.4 is 0 Å². The molecule has 0 saturated heterocycles. The number of thiophene rings is 1. The molecule has 14 heavy (non-hydrogen) atoms. The zero-order valence-electron chi connectivity index (χ0n) is 7.62. The maximum absolute atomic E-state index is 12.7. The highest BCUT2D eigenvalue weighted by Crippen LogP contribution is 2.35. The molecule has 1 aromatic carbocycles. The number of hydrogen-bond donors (Lipinski definition) is 1. The highest BCUT2D eigenvalue weighted by molar-refractivity contribution is 7.13. The molecule has 0 fully saturated rings. The minimum Gasteiger partial charge on any atom is -0.507 e. The fraction of sp³-hybridized carbons (Fsp3) is 0.0909. The Morgan fingerprint density at radius 3 is 2.64 bits per heavy atom. The Bertz CT molecular complexity index is 462. The maximum Gasteiger partial charge on any atom is 0.127 e. The third-order valence-corrected chi connectivity index (χ3v) is 3.12. The normalized spacial score (nSPS) is 10.4. The van der Waals surface area contributed by atoms with Crippen molar-refractivity contribution >= 4 is 11.3 Å². The van der Waals surface area contributed by atoms with E-state index in [1.165, 1.54) is 6.07 Å².